The van der Waals surface area contributed by atoms with Crippen LogP contribution in [0.3, 0.4) is 0 Å². The molecule has 2 fully saturated rings. The predicted octanol–water partition coefficient (Wildman–Crippen LogP) is 1.77. The molecule has 0 saturated carbocycles. The van der Waals surface area contributed by atoms with E-state index in [-0.39, 0.29) is 16.4 Å². The van der Waals surface area contributed by atoms with Crippen LogP contribution in [0.25, 0.3) is 6.08 Å². The van der Waals surface area contributed by atoms with Crippen LogP contribution in [-0.2, 0) is 19.4 Å². The van der Waals surface area contributed by atoms with Gasteiger partial charge in [-0.2, -0.15) is 0 Å². The molecular weight excluding hydrogens is 416 g/mol. The Hall–Kier alpha value is -2.33. The number of hydrogen-bond acceptors (Lipinski definition) is 7. The second kappa shape index (κ2) is 8.58. The monoisotopic (exact) mass is 438 g/mol. The maximum absolute atomic E-state index is 12.7. The van der Waals surface area contributed by atoms with Crippen LogP contribution in [0, 0.1) is 0 Å². The lowest BCUT2D eigenvalue weighted by molar-refractivity contribution is -0.137. The molecule has 0 aromatic heterocycles. The van der Waals surface area contributed by atoms with Crippen molar-refractivity contribution >= 4 is 44.7 Å². The standard InChI is InChI=1S/C19H22N2O6S2/c1-3-20(14-8-9-29(25,26)12-14)17(22)11-21-18(23)16(28-19(21)24)10-13-4-6-15(27-2)7-5-13/h4-7,10,14H,3,8-9,11-12H2,1-2H3/b16-10-. The molecule has 3 amide bonds. The largest absolute Gasteiger partial charge is 0.497 e. The third kappa shape index (κ3) is 4.81. The number of ether oxygens (including phenoxy) is 1. The highest BCUT2D eigenvalue weighted by atomic mass is 32.2. The maximum Gasteiger partial charge on any atom is 0.294 e. The number of likely N-dealkylation sites (N-methyl/N-ethyl adjacent to an activating group) is 1. The number of carbonyl (C=O) groups is 3. The van der Waals surface area contributed by atoms with E-state index in [0.717, 1.165) is 22.2 Å². The summed E-state index contributed by atoms with van der Waals surface area (Å²) >= 11 is 0.781. The van der Waals surface area contributed by atoms with Crippen LogP contribution in [0.2, 0.25) is 0 Å². The van der Waals surface area contributed by atoms with Crippen LogP contribution in [-0.4, -0.2) is 73.0 Å². The minimum atomic E-state index is -3.14. The molecule has 2 aliphatic heterocycles. The first-order chi connectivity index (χ1) is 13.7. The number of benzene rings is 1. The zero-order chi connectivity index (χ0) is 21.2. The fraction of sp³-hybridized carbons (Fsp3) is 0.421. The molecule has 0 bridgehead atoms. The van der Waals surface area contributed by atoms with Crippen molar-refractivity contribution in [2.24, 2.45) is 0 Å². The molecule has 10 heteroatoms. The number of methoxy groups -OCH3 is 1. The van der Waals surface area contributed by atoms with Crippen molar-refractivity contribution in [3.63, 3.8) is 0 Å². The van der Waals surface area contributed by atoms with Gasteiger partial charge in [-0.05, 0) is 48.9 Å². The minimum Gasteiger partial charge on any atom is -0.497 e. The lowest BCUT2D eigenvalue weighted by Crippen LogP contribution is -2.47. The first-order valence-electron chi connectivity index (χ1n) is 9.13. The molecule has 2 saturated heterocycles. The molecule has 1 atom stereocenters. The minimum absolute atomic E-state index is 0.0492. The second-order valence-corrected chi connectivity index (χ2v) is 10.00. The first-order valence-corrected chi connectivity index (χ1v) is 11.8. The van der Waals surface area contributed by atoms with Gasteiger partial charge in [0.2, 0.25) is 5.91 Å². The Bertz CT molecular complexity index is 955. The molecule has 8 nitrogen and oxygen atoms in total. The zero-order valence-electron chi connectivity index (χ0n) is 16.2. The molecular formula is C19H22N2O6S2. The van der Waals surface area contributed by atoms with Crippen LogP contribution in [0.1, 0.15) is 18.9 Å². The smallest absolute Gasteiger partial charge is 0.294 e. The number of imide groups is 1. The van der Waals surface area contributed by atoms with E-state index in [1.165, 1.54) is 4.90 Å². The molecule has 2 heterocycles. The molecule has 0 aliphatic carbocycles. The number of nitrogens with zero attached hydrogens (tertiary/aromatic N) is 2. The van der Waals surface area contributed by atoms with Crippen LogP contribution >= 0.6 is 11.8 Å². The van der Waals surface area contributed by atoms with Crippen LogP contribution in [0.15, 0.2) is 29.2 Å². The average Bonchev–Trinajstić information content (AvgIpc) is 3.16. The van der Waals surface area contributed by atoms with E-state index >= 15 is 0 Å². The van der Waals surface area contributed by atoms with Gasteiger partial charge in [0.15, 0.2) is 9.84 Å². The lowest BCUT2D eigenvalue weighted by Gasteiger charge is -2.28. The highest BCUT2D eigenvalue weighted by Crippen LogP contribution is 2.32. The van der Waals surface area contributed by atoms with E-state index in [2.05, 4.69) is 0 Å². The number of thioether (sulfide) groups is 1. The number of carbonyl (C=O) groups excluding carboxylic acids is 3. The maximum atomic E-state index is 12.7. The quantitative estimate of drug-likeness (QED) is 0.624. The summed E-state index contributed by atoms with van der Waals surface area (Å²) in [6.45, 7) is 1.67. The number of amides is 3. The van der Waals surface area contributed by atoms with Crippen molar-refractivity contribution in [2.75, 3.05) is 31.7 Å². The van der Waals surface area contributed by atoms with Crippen molar-refractivity contribution < 1.29 is 27.5 Å². The SMILES string of the molecule is CCN(C(=O)CN1C(=O)S/C(=C\c2ccc(OC)cc2)C1=O)C1CCS(=O)(=O)C1. The summed E-state index contributed by atoms with van der Waals surface area (Å²) in [4.78, 5) is 40.2. The average molecular weight is 439 g/mol. The Morgan fingerprint density at radius 3 is 2.55 bits per heavy atom. The fourth-order valence-corrected chi connectivity index (χ4v) is 5.94. The van der Waals surface area contributed by atoms with Gasteiger partial charge in [-0.25, -0.2) is 8.42 Å². The van der Waals surface area contributed by atoms with Crippen LogP contribution < -0.4 is 4.74 Å². The van der Waals surface area contributed by atoms with E-state index < -0.39 is 39.5 Å². The van der Waals surface area contributed by atoms with Crippen molar-refractivity contribution in [2.45, 2.75) is 19.4 Å². The molecule has 0 radical (unpaired) electrons. The van der Waals surface area contributed by atoms with Crippen molar-refractivity contribution in [3.8, 4) is 5.75 Å². The van der Waals surface area contributed by atoms with E-state index in [0.29, 0.717) is 18.7 Å². The fourth-order valence-electron chi connectivity index (χ4n) is 3.37. The number of sulfone groups is 1. The van der Waals surface area contributed by atoms with E-state index in [1.807, 2.05) is 0 Å². The van der Waals surface area contributed by atoms with Gasteiger partial charge in [-0.15, -0.1) is 0 Å². The Balaban J connectivity index is 1.70. The van der Waals surface area contributed by atoms with Gasteiger partial charge in [0, 0.05) is 12.6 Å². The van der Waals surface area contributed by atoms with Gasteiger partial charge in [0.1, 0.15) is 12.3 Å². The van der Waals surface area contributed by atoms with Crippen LogP contribution in [0.5, 0.6) is 5.75 Å². The molecule has 0 N–H and O–H groups in total. The highest BCUT2D eigenvalue weighted by molar-refractivity contribution is 8.18. The Morgan fingerprint density at radius 2 is 2.00 bits per heavy atom. The first kappa shape index (κ1) is 21.4. The second-order valence-electron chi connectivity index (χ2n) is 6.78. The van der Waals surface area contributed by atoms with E-state index in [9.17, 15) is 22.8 Å². The molecule has 1 aromatic rings. The van der Waals surface area contributed by atoms with E-state index in [1.54, 1.807) is 44.4 Å². The summed E-state index contributed by atoms with van der Waals surface area (Å²) in [7, 11) is -1.59. The third-order valence-electron chi connectivity index (χ3n) is 4.89. The highest BCUT2D eigenvalue weighted by Gasteiger charge is 2.39. The van der Waals surface area contributed by atoms with Gasteiger partial charge >= 0.3 is 0 Å². The van der Waals surface area contributed by atoms with Crippen molar-refractivity contribution in [1.82, 2.24) is 9.80 Å². The van der Waals surface area contributed by atoms with Gasteiger partial charge in [-0.1, -0.05) is 12.1 Å². The van der Waals surface area contributed by atoms with Gasteiger partial charge in [-0.3, -0.25) is 19.3 Å². The summed E-state index contributed by atoms with van der Waals surface area (Å²) in [6.07, 6.45) is 1.97. The number of hydrogen-bond donors (Lipinski definition) is 0. The normalized spacial score (nSPS) is 22.3. The summed E-state index contributed by atoms with van der Waals surface area (Å²) in [5.74, 6) is -0.310. The summed E-state index contributed by atoms with van der Waals surface area (Å²) in [5.41, 5.74) is 0.731. The summed E-state index contributed by atoms with van der Waals surface area (Å²) in [5, 5.41) is -0.516. The Labute approximate surface area is 173 Å². The zero-order valence-corrected chi connectivity index (χ0v) is 17.8. The molecule has 2 aliphatic rings. The Morgan fingerprint density at radius 1 is 1.31 bits per heavy atom. The Kier molecular flexibility index (Phi) is 6.33. The lowest BCUT2D eigenvalue weighted by atomic mass is 10.2. The van der Waals surface area contributed by atoms with Crippen molar-refractivity contribution in [1.29, 1.82) is 0 Å². The van der Waals surface area contributed by atoms with Gasteiger partial charge in [0.25, 0.3) is 11.1 Å². The molecule has 3 rings (SSSR count). The predicted molar refractivity (Wildman–Crippen MR) is 110 cm³/mol. The summed E-state index contributed by atoms with van der Waals surface area (Å²) < 4.78 is 28.5. The van der Waals surface area contributed by atoms with Crippen LogP contribution in [0.4, 0.5) is 4.79 Å². The molecule has 1 aromatic carbocycles. The molecule has 29 heavy (non-hydrogen) atoms. The molecule has 1 unspecified atom stereocenters. The third-order valence-corrected chi connectivity index (χ3v) is 7.55. The topological polar surface area (TPSA) is 101 Å². The molecule has 156 valence electrons. The summed E-state index contributed by atoms with van der Waals surface area (Å²) in [6, 6.07) is 6.60. The molecule has 0 spiro atoms. The van der Waals surface area contributed by atoms with Gasteiger partial charge in [0.05, 0.1) is 23.5 Å². The van der Waals surface area contributed by atoms with E-state index in [4.69, 9.17) is 4.74 Å². The number of rotatable bonds is 6. The van der Waals surface area contributed by atoms with Crippen molar-refractivity contribution in [3.05, 3.63) is 34.7 Å². The van der Waals surface area contributed by atoms with Gasteiger partial charge < -0.3 is 9.64 Å².